The van der Waals surface area contributed by atoms with Gasteiger partial charge >= 0.3 is 6.03 Å². The van der Waals surface area contributed by atoms with Gasteiger partial charge in [0.2, 0.25) is 5.91 Å². The van der Waals surface area contributed by atoms with Crippen molar-refractivity contribution in [2.45, 2.75) is 64.1 Å². The molecule has 3 rings (SSSR count). The number of halogens is 1. The molecule has 7 heteroatoms. The Morgan fingerprint density at radius 2 is 1.78 bits per heavy atom. The zero-order valence-corrected chi connectivity index (χ0v) is 16.8. The molecule has 6 nitrogen and oxygen atoms in total. The highest BCUT2D eigenvalue weighted by molar-refractivity contribution is 6.30. The molecule has 1 aromatic carbocycles. The van der Waals surface area contributed by atoms with Gasteiger partial charge in [0.15, 0.2) is 0 Å². The predicted molar refractivity (Wildman–Crippen MR) is 103 cm³/mol. The monoisotopic (exact) mass is 391 g/mol. The molecule has 3 atom stereocenters. The van der Waals surface area contributed by atoms with Crippen LogP contribution >= 0.6 is 11.6 Å². The summed E-state index contributed by atoms with van der Waals surface area (Å²) < 4.78 is 0. The molecule has 146 valence electrons. The number of rotatable bonds is 4. The number of piperidine rings is 1. The van der Waals surface area contributed by atoms with Crippen LogP contribution in [0.3, 0.4) is 0 Å². The molecule has 0 spiro atoms. The van der Waals surface area contributed by atoms with Gasteiger partial charge in [-0.15, -0.1) is 0 Å². The van der Waals surface area contributed by atoms with E-state index in [0.717, 1.165) is 24.2 Å². The summed E-state index contributed by atoms with van der Waals surface area (Å²) in [7, 11) is 0. The summed E-state index contributed by atoms with van der Waals surface area (Å²) in [6.07, 6.45) is 3.37. The Bertz CT molecular complexity index is 741. The Balaban J connectivity index is 1.83. The van der Waals surface area contributed by atoms with Crippen LogP contribution in [0.1, 0.15) is 52.0 Å². The summed E-state index contributed by atoms with van der Waals surface area (Å²) >= 11 is 5.95. The third kappa shape index (κ3) is 3.43. The number of benzene rings is 1. The van der Waals surface area contributed by atoms with Crippen molar-refractivity contribution in [3.8, 4) is 0 Å². The molecular formula is C20H26ClN3O3. The van der Waals surface area contributed by atoms with Gasteiger partial charge in [-0.2, -0.15) is 0 Å². The molecule has 0 aliphatic carbocycles. The fraction of sp³-hybridized carbons (Fsp3) is 0.550. The average Bonchev–Trinajstić information content (AvgIpc) is 2.87. The van der Waals surface area contributed by atoms with E-state index in [2.05, 4.69) is 5.32 Å². The van der Waals surface area contributed by atoms with Gasteiger partial charge < -0.3 is 10.2 Å². The smallest absolute Gasteiger partial charge is 0.325 e. The summed E-state index contributed by atoms with van der Waals surface area (Å²) in [5.74, 6) is -0.566. The van der Waals surface area contributed by atoms with Crippen LogP contribution in [0.25, 0.3) is 0 Å². The topological polar surface area (TPSA) is 69.7 Å². The first-order valence-electron chi connectivity index (χ1n) is 9.51. The number of urea groups is 1. The highest BCUT2D eigenvalue weighted by Crippen LogP contribution is 2.33. The van der Waals surface area contributed by atoms with Crippen molar-refractivity contribution >= 4 is 29.4 Å². The van der Waals surface area contributed by atoms with Gasteiger partial charge in [0.1, 0.15) is 12.1 Å². The SMILES string of the molecule is CC[C@]1(c2ccc(Cl)cc2)NC(=O)N(CC(=O)N2[C@H](C)CCC[C@@H]2C)C1=O. The molecule has 1 aromatic rings. The summed E-state index contributed by atoms with van der Waals surface area (Å²) in [5.41, 5.74) is -0.483. The highest BCUT2D eigenvalue weighted by Gasteiger charge is 2.52. The largest absolute Gasteiger partial charge is 0.336 e. The summed E-state index contributed by atoms with van der Waals surface area (Å²) in [5, 5.41) is 3.36. The van der Waals surface area contributed by atoms with Crippen molar-refractivity contribution < 1.29 is 14.4 Å². The minimum absolute atomic E-state index is 0.120. The van der Waals surface area contributed by atoms with Gasteiger partial charge in [-0.25, -0.2) is 4.79 Å². The van der Waals surface area contributed by atoms with Gasteiger partial charge in [-0.1, -0.05) is 30.7 Å². The Labute approximate surface area is 164 Å². The Hall–Kier alpha value is -2.08. The van der Waals surface area contributed by atoms with Gasteiger partial charge in [-0.05, 0) is 57.2 Å². The van der Waals surface area contributed by atoms with Crippen LogP contribution in [0.2, 0.25) is 5.02 Å². The number of imide groups is 1. The standard InChI is InChI=1S/C20H26ClN3O3/c1-4-20(15-8-10-16(21)11-9-15)18(26)23(19(27)22-20)12-17(25)24-13(2)6-5-7-14(24)3/h8-11,13-14H,4-7,12H2,1-3H3,(H,22,27)/t13-,14+,20-/m1/s1. The predicted octanol–water partition coefficient (Wildman–Crippen LogP) is 3.29. The normalized spacial score (nSPS) is 28.4. The van der Waals surface area contributed by atoms with Gasteiger partial charge in [0, 0.05) is 17.1 Å². The number of carbonyl (C=O) groups is 3. The maximum absolute atomic E-state index is 13.2. The number of nitrogens with one attached hydrogen (secondary N) is 1. The minimum Gasteiger partial charge on any atom is -0.336 e. The van der Waals surface area contributed by atoms with E-state index in [1.165, 1.54) is 0 Å². The maximum atomic E-state index is 13.2. The molecule has 2 saturated heterocycles. The number of nitrogens with zero attached hydrogens (tertiary/aromatic N) is 2. The first kappa shape index (κ1) is 19.7. The first-order chi connectivity index (χ1) is 12.8. The molecule has 0 aromatic heterocycles. The molecular weight excluding hydrogens is 366 g/mol. The second-order valence-corrected chi connectivity index (χ2v) is 7.95. The Kier molecular flexibility index (Phi) is 5.47. The molecule has 27 heavy (non-hydrogen) atoms. The van der Waals surface area contributed by atoms with Crippen LogP contribution in [0.15, 0.2) is 24.3 Å². The average molecular weight is 392 g/mol. The second-order valence-electron chi connectivity index (χ2n) is 7.52. The molecule has 1 N–H and O–H groups in total. The van der Waals surface area contributed by atoms with Crippen LogP contribution < -0.4 is 5.32 Å². The second kappa shape index (κ2) is 7.50. The van der Waals surface area contributed by atoms with Crippen molar-refractivity contribution in [2.75, 3.05) is 6.54 Å². The van der Waals surface area contributed by atoms with E-state index in [1.807, 2.05) is 25.7 Å². The van der Waals surface area contributed by atoms with Gasteiger partial charge in [0.05, 0.1) is 0 Å². The van der Waals surface area contributed by atoms with Crippen LogP contribution in [0.5, 0.6) is 0 Å². The van der Waals surface area contributed by atoms with E-state index in [0.29, 0.717) is 17.0 Å². The molecule has 4 amide bonds. The lowest BCUT2D eigenvalue weighted by Crippen LogP contribution is -2.52. The number of likely N-dealkylation sites (tertiary alicyclic amines) is 1. The lowest BCUT2D eigenvalue weighted by Gasteiger charge is -2.39. The molecule has 0 bridgehead atoms. The lowest BCUT2D eigenvalue weighted by atomic mass is 9.87. The lowest BCUT2D eigenvalue weighted by molar-refractivity contribution is -0.143. The van der Waals surface area contributed by atoms with Crippen molar-refractivity contribution in [1.29, 1.82) is 0 Å². The maximum Gasteiger partial charge on any atom is 0.325 e. The number of amides is 4. The van der Waals surface area contributed by atoms with E-state index in [-0.39, 0.29) is 30.4 Å². The number of hydrogen-bond acceptors (Lipinski definition) is 3. The van der Waals surface area contributed by atoms with E-state index in [4.69, 9.17) is 11.6 Å². The van der Waals surface area contributed by atoms with Crippen LogP contribution in [0.4, 0.5) is 4.79 Å². The van der Waals surface area contributed by atoms with E-state index >= 15 is 0 Å². The van der Waals surface area contributed by atoms with Gasteiger partial charge in [0.25, 0.3) is 5.91 Å². The van der Waals surface area contributed by atoms with Crippen molar-refractivity contribution in [2.24, 2.45) is 0 Å². The third-order valence-electron chi connectivity index (χ3n) is 5.82. The molecule has 2 aliphatic heterocycles. The summed E-state index contributed by atoms with van der Waals surface area (Å²) in [6.45, 7) is 5.65. The molecule has 0 radical (unpaired) electrons. The fourth-order valence-corrected chi connectivity index (χ4v) is 4.40. The van der Waals surface area contributed by atoms with E-state index < -0.39 is 11.6 Å². The van der Waals surface area contributed by atoms with Crippen LogP contribution in [0, 0.1) is 0 Å². The van der Waals surface area contributed by atoms with Crippen molar-refractivity contribution in [3.05, 3.63) is 34.9 Å². The molecule has 0 unspecified atom stereocenters. The number of carbonyl (C=O) groups excluding carboxylic acids is 3. The molecule has 0 saturated carbocycles. The molecule has 2 aliphatic rings. The highest BCUT2D eigenvalue weighted by atomic mass is 35.5. The first-order valence-corrected chi connectivity index (χ1v) is 9.89. The molecule has 2 heterocycles. The number of hydrogen-bond donors (Lipinski definition) is 1. The zero-order valence-electron chi connectivity index (χ0n) is 16.0. The quantitative estimate of drug-likeness (QED) is 0.800. The molecule has 2 fully saturated rings. The minimum atomic E-state index is -1.15. The van der Waals surface area contributed by atoms with E-state index in [1.54, 1.807) is 24.3 Å². The Morgan fingerprint density at radius 1 is 1.19 bits per heavy atom. The van der Waals surface area contributed by atoms with Crippen LogP contribution in [-0.2, 0) is 15.1 Å². The Morgan fingerprint density at radius 3 is 2.33 bits per heavy atom. The zero-order chi connectivity index (χ0) is 19.8. The summed E-state index contributed by atoms with van der Waals surface area (Å²) in [6, 6.07) is 6.58. The van der Waals surface area contributed by atoms with Crippen molar-refractivity contribution in [3.63, 3.8) is 0 Å². The summed E-state index contributed by atoms with van der Waals surface area (Å²) in [4.78, 5) is 41.5. The fourth-order valence-electron chi connectivity index (χ4n) is 4.27. The van der Waals surface area contributed by atoms with Crippen molar-refractivity contribution in [1.82, 2.24) is 15.1 Å². The van der Waals surface area contributed by atoms with E-state index in [9.17, 15) is 14.4 Å². The van der Waals surface area contributed by atoms with Crippen LogP contribution in [-0.4, -0.2) is 46.3 Å². The van der Waals surface area contributed by atoms with Gasteiger partial charge in [-0.3, -0.25) is 14.5 Å². The third-order valence-corrected chi connectivity index (χ3v) is 6.07.